The molecule has 3 aromatic rings. The van der Waals surface area contributed by atoms with Crippen LogP contribution in [0, 0.1) is 0 Å². The number of fused-ring (bicyclic) bond motifs is 3. The van der Waals surface area contributed by atoms with Crippen molar-refractivity contribution in [1.29, 1.82) is 0 Å². The Labute approximate surface area is 190 Å². The van der Waals surface area contributed by atoms with E-state index in [0.29, 0.717) is 34.7 Å². The molecular weight excluding hydrogens is 436 g/mol. The molecule has 0 fully saturated rings. The van der Waals surface area contributed by atoms with Crippen LogP contribution in [0.1, 0.15) is 38.5 Å². The summed E-state index contributed by atoms with van der Waals surface area (Å²) in [4.78, 5) is 4.63. The van der Waals surface area contributed by atoms with Gasteiger partial charge in [-0.15, -0.1) is 10.2 Å². The van der Waals surface area contributed by atoms with Gasteiger partial charge >= 0.3 is 0 Å². The van der Waals surface area contributed by atoms with Crippen LogP contribution in [0.15, 0.2) is 41.6 Å². The zero-order valence-corrected chi connectivity index (χ0v) is 18.8. The minimum atomic E-state index is -0.620. The summed E-state index contributed by atoms with van der Waals surface area (Å²) < 4.78 is 11.8. The summed E-state index contributed by atoms with van der Waals surface area (Å²) in [5.41, 5.74) is 2.93. The van der Waals surface area contributed by atoms with Crippen LogP contribution in [0.5, 0.6) is 17.4 Å². The topological polar surface area (TPSA) is 89.4 Å². The number of nitrogens with one attached hydrogen (secondary N) is 1. The van der Waals surface area contributed by atoms with Crippen molar-refractivity contribution in [2.24, 2.45) is 0 Å². The second-order valence-electron chi connectivity index (χ2n) is 6.92. The normalized spacial score (nSPS) is 14.6. The number of aromatic hydroxyl groups is 1. The number of anilines is 1. The van der Waals surface area contributed by atoms with E-state index in [9.17, 15) is 5.11 Å². The van der Waals surface area contributed by atoms with Gasteiger partial charge in [-0.05, 0) is 31.5 Å². The first-order chi connectivity index (χ1) is 15.1. The molecule has 0 radical (unpaired) electrons. The van der Waals surface area contributed by atoms with Crippen LogP contribution < -0.4 is 14.8 Å². The van der Waals surface area contributed by atoms with Gasteiger partial charge in [0.2, 0.25) is 11.0 Å². The van der Waals surface area contributed by atoms with Crippen LogP contribution in [0.4, 0.5) is 5.69 Å². The summed E-state index contributed by atoms with van der Waals surface area (Å²) in [7, 11) is 0. The molecule has 1 aromatic heterocycles. The molecule has 0 spiro atoms. The van der Waals surface area contributed by atoms with E-state index in [1.165, 1.54) is 0 Å². The zero-order chi connectivity index (χ0) is 21.8. The van der Waals surface area contributed by atoms with E-state index >= 15 is 0 Å². The van der Waals surface area contributed by atoms with E-state index in [1.807, 2.05) is 31.2 Å². The fourth-order valence-electron chi connectivity index (χ4n) is 3.18. The molecule has 2 N–H and O–H groups in total. The van der Waals surface area contributed by atoms with Crippen LogP contribution in [0.2, 0.25) is 5.02 Å². The molecule has 0 saturated carbocycles. The van der Waals surface area contributed by atoms with Gasteiger partial charge in [0.05, 0.1) is 11.6 Å². The Morgan fingerprint density at radius 2 is 2.06 bits per heavy atom. The maximum absolute atomic E-state index is 10.2. The number of nitrogens with zero attached hydrogens (tertiary/aromatic N) is 3. The zero-order valence-electron chi connectivity index (χ0n) is 17.3. The standard InChI is InChI=1S/C22H23ClN4O3S/c1-3-5-10-31-22-25-21-18(26-27-22)14-8-6-7-9-16(14)24-20(30-21)13-11-15(23)19(28)17(12-13)29-4-2/h6-9,11-12,20,24,28H,3-5,10H2,1-2H3/t20-/m1/s1. The van der Waals surface area contributed by atoms with Gasteiger partial charge in [-0.2, -0.15) is 4.98 Å². The molecule has 31 heavy (non-hydrogen) atoms. The van der Waals surface area contributed by atoms with Crippen molar-refractivity contribution in [2.75, 3.05) is 17.7 Å². The monoisotopic (exact) mass is 458 g/mol. The van der Waals surface area contributed by atoms with Gasteiger partial charge in [-0.3, -0.25) is 0 Å². The molecule has 0 aliphatic carbocycles. The van der Waals surface area contributed by atoms with Gasteiger partial charge < -0.3 is 19.9 Å². The molecule has 0 unspecified atom stereocenters. The Bertz CT molecular complexity index is 1080. The lowest BCUT2D eigenvalue weighted by molar-refractivity contribution is 0.224. The summed E-state index contributed by atoms with van der Waals surface area (Å²) in [6.45, 7) is 4.38. The number of aromatic nitrogens is 3. The third-order valence-electron chi connectivity index (χ3n) is 4.72. The fourth-order valence-corrected chi connectivity index (χ4v) is 4.26. The van der Waals surface area contributed by atoms with E-state index < -0.39 is 6.23 Å². The highest BCUT2D eigenvalue weighted by molar-refractivity contribution is 7.99. The molecule has 0 saturated heterocycles. The van der Waals surface area contributed by atoms with Crippen molar-refractivity contribution in [3.8, 4) is 28.6 Å². The number of phenolic OH excluding ortho intramolecular Hbond substituents is 1. The molecule has 0 amide bonds. The van der Waals surface area contributed by atoms with Gasteiger partial charge in [-0.25, -0.2) is 0 Å². The Kier molecular flexibility index (Phi) is 6.67. The van der Waals surface area contributed by atoms with Crippen molar-refractivity contribution in [3.63, 3.8) is 0 Å². The summed E-state index contributed by atoms with van der Waals surface area (Å²) in [5, 5.41) is 23.0. The highest BCUT2D eigenvalue weighted by Gasteiger charge is 2.27. The van der Waals surface area contributed by atoms with E-state index in [4.69, 9.17) is 21.1 Å². The maximum atomic E-state index is 10.2. The molecule has 2 heterocycles. The number of benzene rings is 2. The van der Waals surface area contributed by atoms with Gasteiger partial charge in [0.15, 0.2) is 23.4 Å². The lowest BCUT2D eigenvalue weighted by atomic mass is 10.1. The highest BCUT2D eigenvalue weighted by atomic mass is 35.5. The molecule has 1 aliphatic heterocycles. The van der Waals surface area contributed by atoms with Gasteiger partial charge in [0, 0.05) is 22.6 Å². The average Bonchev–Trinajstić information content (AvgIpc) is 2.93. The number of ether oxygens (including phenoxy) is 2. The first-order valence-corrected chi connectivity index (χ1v) is 11.5. The molecule has 9 heteroatoms. The SMILES string of the molecule is CCCCSc1nnc2c(n1)O[C@H](c1cc(Cl)c(O)c(OCC)c1)Nc1ccccc1-2. The molecular formula is C22H23ClN4O3S. The van der Waals surface area contributed by atoms with Crippen molar-refractivity contribution in [3.05, 3.63) is 47.0 Å². The predicted octanol–water partition coefficient (Wildman–Crippen LogP) is 5.69. The maximum Gasteiger partial charge on any atom is 0.247 e. The Hall–Kier alpha value is -2.71. The average molecular weight is 459 g/mol. The molecule has 2 aromatic carbocycles. The molecule has 4 rings (SSSR count). The summed E-state index contributed by atoms with van der Waals surface area (Å²) >= 11 is 7.81. The van der Waals surface area contributed by atoms with Crippen molar-refractivity contribution in [1.82, 2.24) is 15.2 Å². The number of para-hydroxylation sites is 1. The van der Waals surface area contributed by atoms with Crippen LogP contribution in [0.3, 0.4) is 0 Å². The van der Waals surface area contributed by atoms with Gasteiger partial charge in [0.1, 0.15) is 0 Å². The molecule has 1 atom stereocenters. The Balaban J connectivity index is 1.76. The van der Waals surface area contributed by atoms with Crippen LogP contribution >= 0.6 is 23.4 Å². The largest absolute Gasteiger partial charge is 0.503 e. The third kappa shape index (κ3) is 4.65. The van der Waals surface area contributed by atoms with Crippen LogP contribution in [-0.4, -0.2) is 32.6 Å². The number of unbranched alkanes of at least 4 members (excludes halogenated alkanes) is 1. The smallest absolute Gasteiger partial charge is 0.247 e. The number of thioether (sulfide) groups is 1. The quantitative estimate of drug-likeness (QED) is 0.344. The third-order valence-corrected chi connectivity index (χ3v) is 5.93. The highest BCUT2D eigenvalue weighted by Crippen LogP contribution is 2.42. The molecule has 1 aliphatic rings. The van der Waals surface area contributed by atoms with Crippen molar-refractivity contribution >= 4 is 29.1 Å². The number of rotatable bonds is 7. The second kappa shape index (κ2) is 9.62. The molecule has 162 valence electrons. The van der Waals surface area contributed by atoms with Crippen molar-refractivity contribution in [2.45, 2.75) is 38.1 Å². The molecule has 0 bridgehead atoms. The van der Waals surface area contributed by atoms with Crippen LogP contribution in [-0.2, 0) is 0 Å². The fraction of sp³-hybridized carbons (Fsp3) is 0.318. The number of hydrogen-bond acceptors (Lipinski definition) is 8. The van der Waals surface area contributed by atoms with E-state index in [-0.39, 0.29) is 10.8 Å². The van der Waals surface area contributed by atoms with Crippen LogP contribution in [0.25, 0.3) is 11.3 Å². The first-order valence-electron chi connectivity index (χ1n) is 10.2. The molecule has 7 nitrogen and oxygen atoms in total. The Morgan fingerprint density at radius 1 is 1.23 bits per heavy atom. The van der Waals surface area contributed by atoms with E-state index in [1.54, 1.807) is 23.9 Å². The summed E-state index contributed by atoms with van der Waals surface area (Å²) in [6, 6.07) is 11.1. The summed E-state index contributed by atoms with van der Waals surface area (Å²) in [5.74, 6) is 1.50. The number of phenols is 1. The lowest BCUT2D eigenvalue weighted by Gasteiger charge is -2.21. The predicted molar refractivity (Wildman–Crippen MR) is 122 cm³/mol. The summed E-state index contributed by atoms with van der Waals surface area (Å²) in [6.07, 6.45) is 1.56. The number of halogens is 1. The van der Waals surface area contributed by atoms with E-state index in [2.05, 4.69) is 27.4 Å². The minimum absolute atomic E-state index is 0.0970. The first kappa shape index (κ1) is 21.5. The number of hydrogen-bond donors (Lipinski definition) is 2. The van der Waals surface area contributed by atoms with Crippen molar-refractivity contribution < 1.29 is 14.6 Å². The van der Waals surface area contributed by atoms with Gasteiger partial charge in [0.25, 0.3) is 0 Å². The van der Waals surface area contributed by atoms with E-state index in [0.717, 1.165) is 29.8 Å². The Morgan fingerprint density at radius 3 is 2.87 bits per heavy atom. The van der Waals surface area contributed by atoms with Gasteiger partial charge in [-0.1, -0.05) is 54.9 Å². The lowest BCUT2D eigenvalue weighted by Crippen LogP contribution is -2.17. The second-order valence-corrected chi connectivity index (χ2v) is 8.39. The minimum Gasteiger partial charge on any atom is -0.503 e.